The summed E-state index contributed by atoms with van der Waals surface area (Å²) >= 11 is 0. The van der Waals surface area contributed by atoms with Gasteiger partial charge in [0.25, 0.3) is 0 Å². The Morgan fingerprint density at radius 1 is 1.23 bits per heavy atom. The molecule has 0 spiro atoms. The average Bonchev–Trinajstić information content (AvgIpc) is 2.96. The maximum atomic E-state index is 12.0. The van der Waals surface area contributed by atoms with Crippen LogP contribution in [0.1, 0.15) is 32.6 Å². The van der Waals surface area contributed by atoms with Gasteiger partial charge in [-0.05, 0) is 32.7 Å². The van der Waals surface area contributed by atoms with Crippen molar-refractivity contribution in [2.75, 3.05) is 6.54 Å². The van der Waals surface area contributed by atoms with Crippen LogP contribution in [0.4, 0.5) is 0 Å². The number of carboxylic acid groups (broad SMARTS) is 2. The van der Waals surface area contributed by atoms with Gasteiger partial charge in [-0.25, -0.2) is 0 Å². The summed E-state index contributed by atoms with van der Waals surface area (Å²) in [4.78, 5) is 45.4. The molecule has 1 heterocycles. The number of carbonyl (C=O) groups is 4. The maximum Gasteiger partial charge on any atom is 0.325 e. The highest BCUT2D eigenvalue weighted by Gasteiger charge is 2.28. The molecular formula is C13H21N3O6. The van der Waals surface area contributed by atoms with Crippen LogP contribution in [-0.2, 0) is 19.2 Å². The first kappa shape index (κ1) is 17.9. The molecule has 22 heavy (non-hydrogen) atoms. The predicted molar refractivity (Wildman–Crippen MR) is 75.1 cm³/mol. The van der Waals surface area contributed by atoms with Crippen molar-refractivity contribution in [1.29, 1.82) is 0 Å². The Hall–Kier alpha value is -2.16. The van der Waals surface area contributed by atoms with Gasteiger partial charge in [-0.15, -0.1) is 0 Å². The molecule has 9 nitrogen and oxygen atoms in total. The highest BCUT2D eigenvalue weighted by molar-refractivity contribution is 5.92. The average molecular weight is 315 g/mol. The lowest BCUT2D eigenvalue weighted by Gasteiger charge is -2.21. The van der Waals surface area contributed by atoms with E-state index in [9.17, 15) is 19.2 Å². The van der Waals surface area contributed by atoms with Gasteiger partial charge in [0.2, 0.25) is 11.8 Å². The van der Waals surface area contributed by atoms with Crippen LogP contribution in [-0.4, -0.2) is 58.6 Å². The minimum Gasteiger partial charge on any atom is -0.481 e. The molecule has 0 bridgehead atoms. The van der Waals surface area contributed by atoms with Gasteiger partial charge in [-0.2, -0.15) is 0 Å². The van der Waals surface area contributed by atoms with E-state index in [-0.39, 0.29) is 18.7 Å². The molecule has 5 N–H and O–H groups in total. The van der Waals surface area contributed by atoms with Gasteiger partial charge in [0.05, 0.1) is 6.04 Å². The second-order valence-corrected chi connectivity index (χ2v) is 5.21. The van der Waals surface area contributed by atoms with E-state index in [0.717, 1.165) is 6.42 Å². The molecule has 124 valence electrons. The molecule has 3 atom stereocenters. The standard InChI is InChI=1S/C13H21N3O6/c1-7(13(21)22)15-12(20)9(4-5-10(17)18)16-11(19)8-3-2-6-14-8/h7-9,14H,2-6H2,1H3,(H,15,20)(H,16,19)(H,17,18)(H,21,22)/t7-,8-,9-/m0/s1. The molecule has 1 fully saturated rings. The molecule has 1 saturated heterocycles. The van der Waals surface area contributed by atoms with Crippen molar-refractivity contribution < 1.29 is 29.4 Å². The second-order valence-electron chi connectivity index (χ2n) is 5.21. The van der Waals surface area contributed by atoms with Crippen molar-refractivity contribution in [2.24, 2.45) is 0 Å². The van der Waals surface area contributed by atoms with Crippen molar-refractivity contribution >= 4 is 23.8 Å². The quantitative estimate of drug-likeness (QED) is 0.373. The summed E-state index contributed by atoms with van der Waals surface area (Å²) in [5.74, 6) is -3.40. The lowest BCUT2D eigenvalue weighted by molar-refractivity contribution is -0.142. The van der Waals surface area contributed by atoms with Gasteiger partial charge in [0.1, 0.15) is 12.1 Å². The van der Waals surface area contributed by atoms with Gasteiger partial charge in [0, 0.05) is 6.42 Å². The first-order valence-corrected chi connectivity index (χ1v) is 7.10. The van der Waals surface area contributed by atoms with Gasteiger partial charge >= 0.3 is 11.9 Å². The first-order valence-electron chi connectivity index (χ1n) is 7.10. The normalized spacial score (nSPS) is 20.0. The molecule has 0 aromatic heterocycles. The number of carboxylic acids is 2. The van der Waals surface area contributed by atoms with Crippen molar-refractivity contribution in [2.45, 2.75) is 50.7 Å². The van der Waals surface area contributed by atoms with Crippen LogP contribution < -0.4 is 16.0 Å². The fraction of sp³-hybridized carbons (Fsp3) is 0.692. The second kappa shape index (κ2) is 8.32. The fourth-order valence-corrected chi connectivity index (χ4v) is 2.09. The fourth-order valence-electron chi connectivity index (χ4n) is 2.09. The van der Waals surface area contributed by atoms with Crippen molar-refractivity contribution in [3.05, 3.63) is 0 Å². The van der Waals surface area contributed by atoms with Crippen molar-refractivity contribution in [3.8, 4) is 0 Å². The Balaban J connectivity index is 2.64. The largest absolute Gasteiger partial charge is 0.481 e. The van der Waals surface area contributed by atoms with Crippen LogP contribution in [0.5, 0.6) is 0 Å². The summed E-state index contributed by atoms with van der Waals surface area (Å²) in [5.41, 5.74) is 0. The molecule has 0 aliphatic carbocycles. The zero-order valence-corrected chi connectivity index (χ0v) is 12.3. The zero-order valence-electron chi connectivity index (χ0n) is 12.3. The predicted octanol–water partition coefficient (Wildman–Crippen LogP) is -1.32. The van der Waals surface area contributed by atoms with Crippen LogP contribution in [0.25, 0.3) is 0 Å². The topological polar surface area (TPSA) is 145 Å². The minimum atomic E-state index is -1.21. The van der Waals surface area contributed by atoms with Gasteiger partial charge in [-0.1, -0.05) is 0 Å². The number of rotatable bonds is 8. The first-order chi connectivity index (χ1) is 10.3. The van der Waals surface area contributed by atoms with E-state index in [2.05, 4.69) is 16.0 Å². The summed E-state index contributed by atoms with van der Waals surface area (Å²) < 4.78 is 0. The SMILES string of the molecule is C[C@H](NC(=O)[C@H](CCC(=O)O)NC(=O)[C@@H]1CCCN1)C(=O)O. The van der Waals surface area contributed by atoms with E-state index in [1.807, 2.05) is 0 Å². The molecule has 1 rings (SSSR count). The van der Waals surface area contributed by atoms with Crippen LogP contribution in [0.15, 0.2) is 0 Å². The van der Waals surface area contributed by atoms with Crippen LogP contribution in [0, 0.1) is 0 Å². The van der Waals surface area contributed by atoms with Gasteiger partial charge in [0.15, 0.2) is 0 Å². The summed E-state index contributed by atoms with van der Waals surface area (Å²) in [7, 11) is 0. The van der Waals surface area contributed by atoms with E-state index < -0.39 is 36.0 Å². The molecule has 0 saturated carbocycles. The number of aliphatic carboxylic acids is 2. The van der Waals surface area contributed by atoms with Gasteiger partial charge < -0.3 is 26.2 Å². The third-order valence-electron chi connectivity index (χ3n) is 3.39. The Bertz CT molecular complexity index is 447. The minimum absolute atomic E-state index is 0.105. The van der Waals surface area contributed by atoms with Crippen LogP contribution >= 0.6 is 0 Å². The number of hydrogen-bond donors (Lipinski definition) is 5. The third kappa shape index (κ3) is 5.68. The Morgan fingerprint density at radius 2 is 1.91 bits per heavy atom. The Labute approximate surface area is 127 Å². The Kier molecular flexibility index (Phi) is 6.77. The van der Waals surface area contributed by atoms with Crippen molar-refractivity contribution in [1.82, 2.24) is 16.0 Å². The summed E-state index contributed by atoms with van der Waals surface area (Å²) in [6.45, 7) is 2.00. The lowest BCUT2D eigenvalue weighted by Crippen LogP contribution is -2.53. The molecule has 0 aromatic carbocycles. The molecular weight excluding hydrogens is 294 g/mol. The van der Waals surface area contributed by atoms with Crippen LogP contribution in [0.2, 0.25) is 0 Å². The van der Waals surface area contributed by atoms with E-state index >= 15 is 0 Å². The molecule has 9 heteroatoms. The van der Waals surface area contributed by atoms with E-state index in [1.165, 1.54) is 6.92 Å². The molecule has 2 amide bonds. The van der Waals surface area contributed by atoms with Crippen molar-refractivity contribution in [3.63, 3.8) is 0 Å². The highest BCUT2D eigenvalue weighted by atomic mass is 16.4. The van der Waals surface area contributed by atoms with Crippen LogP contribution in [0.3, 0.4) is 0 Å². The maximum absolute atomic E-state index is 12.0. The monoisotopic (exact) mass is 315 g/mol. The van der Waals surface area contributed by atoms with E-state index in [0.29, 0.717) is 13.0 Å². The highest BCUT2D eigenvalue weighted by Crippen LogP contribution is 2.07. The molecule has 1 aliphatic heterocycles. The van der Waals surface area contributed by atoms with Gasteiger partial charge in [-0.3, -0.25) is 19.2 Å². The van der Waals surface area contributed by atoms with E-state index in [1.54, 1.807) is 0 Å². The number of hydrogen-bond acceptors (Lipinski definition) is 5. The van der Waals surface area contributed by atoms with E-state index in [4.69, 9.17) is 10.2 Å². The number of amides is 2. The smallest absolute Gasteiger partial charge is 0.325 e. The summed E-state index contributed by atoms with van der Waals surface area (Å²) in [6, 6.07) is -2.61. The number of nitrogens with one attached hydrogen (secondary N) is 3. The lowest BCUT2D eigenvalue weighted by atomic mass is 10.1. The number of carbonyl (C=O) groups excluding carboxylic acids is 2. The molecule has 0 unspecified atom stereocenters. The Morgan fingerprint density at radius 3 is 2.41 bits per heavy atom. The zero-order chi connectivity index (χ0) is 16.7. The molecule has 0 aromatic rings. The summed E-state index contributed by atoms with van der Waals surface area (Å²) in [6.07, 6.45) is 1.08. The molecule has 0 radical (unpaired) electrons. The molecule has 1 aliphatic rings. The summed E-state index contributed by atoms with van der Waals surface area (Å²) in [5, 5.41) is 25.2. The third-order valence-corrected chi connectivity index (χ3v) is 3.39.